The molecule has 1 aromatic rings. The lowest BCUT2D eigenvalue weighted by Crippen LogP contribution is -2.34. The molecule has 1 heterocycles. The maximum Gasteiger partial charge on any atom is 0.410 e. The van der Waals surface area contributed by atoms with Gasteiger partial charge in [0.1, 0.15) is 5.82 Å². The van der Waals surface area contributed by atoms with E-state index < -0.39 is 12.0 Å². The second kappa shape index (κ2) is 4.18. The standard InChI is InChI=1S/C12H15F2N3O2/c13-12(14)4-7(5-12)9-8(6-2-1-3-6)10(17-16-9)15-11(18)19/h6-7H,1-5H2,(H,18,19)(H2,15,16,17). The summed E-state index contributed by atoms with van der Waals surface area (Å²) in [6, 6.07) is 0. The molecule has 7 heteroatoms. The van der Waals surface area contributed by atoms with Gasteiger partial charge in [-0.2, -0.15) is 5.10 Å². The number of alkyl halides is 2. The van der Waals surface area contributed by atoms with Crippen LogP contribution in [-0.4, -0.2) is 27.3 Å². The Morgan fingerprint density at radius 2 is 2.05 bits per heavy atom. The van der Waals surface area contributed by atoms with Crippen LogP contribution in [0.5, 0.6) is 0 Å². The Morgan fingerprint density at radius 1 is 1.37 bits per heavy atom. The van der Waals surface area contributed by atoms with Gasteiger partial charge in [-0.05, 0) is 18.8 Å². The van der Waals surface area contributed by atoms with Crippen LogP contribution in [0, 0.1) is 0 Å². The first-order valence-corrected chi connectivity index (χ1v) is 6.42. The molecule has 0 radical (unpaired) electrons. The highest BCUT2D eigenvalue weighted by atomic mass is 19.3. The van der Waals surface area contributed by atoms with E-state index in [1.165, 1.54) is 0 Å². The van der Waals surface area contributed by atoms with Crippen LogP contribution >= 0.6 is 0 Å². The zero-order chi connectivity index (χ0) is 13.6. The predicted molar refractivity (Wildman–Crippen MR) is 63.7 cm³/mol. The van der Waals surface area contributed by atoms with E-state index in [2.05, 4.69) is 15.5 Å². The lowest BCUT2D eigenvalue weighted by atomic mass is 9.73. The minimum absolute atomic E-state index is 0.190. The van der Waals surface area contributed by atoms with Crippen LogP contribution in [0.2, 0.25) is 0 Å². The third-order valence-corrected chi connectivity index (χ3v) is 4.06. The number of hydrogen-bond donors (Lipinski definition) is 3. The average Bonchev–Trinajstić information content (AvgIpc) is 2.55. The average molecular weight is 271 g/mol. The largest absolute Gasteiger partial charge is 0.465 e. The first-order chi connectivity index (χ1) is 8.96. The van der Waals surface area contributed by atoms with E-state index in [1.54, 1.807) is 0 Å². The lowest BCUT2D eigenvalue weighted by molar-refractivity contribution is -0.0878. The van der Waals surface area contributed by atoms with Crippen LogP contribution in [0.25, 0.3) is 0 Å². The molecule has 3 rings (SSSR count). The molecule has 0 atom stereocenters. The molecule has 0 spiro atoms. The van der Waals surface area contributed by atoms with Gasteiger partial charge in [-0.15, -0.1) is 0 Å². The maximum absolute atomic E-state index is 13.0. The van der Waals surface area contributed by atoms with Gasteiger partial charge >= 0.3 is 6.09 Å². The Balaban J connectivity index is 1.87. The van der Waals surface area contributed by atoms with Gasteiger partial charge < -0.3 is 5.11 Å². The predicted octanol–water partition coefficient (Wildman–Crippen LogP) is 3.28. The van der Waals surface area contributed by atoms with Gasteiger partial charge in [0, 0.05) is 24.3 Å². The number of carbonyl (C=O) groups is 1. The number of rotatable bonds is 3. The van der Waals surface area contributed by atoms with Crippen LogP contribution in [0.15, 0.2) is 0 Å². The fourth-order valence-corrected chi connectivity index (χ4v) is 2.84. The number of halogens is 2. The molecule has 2 saturated carbocycles. The Hall–Kier alpha value is -1.66. The summed E-state index contributed by atoms with van der Waals surface area (Å²) in [5.41, 5.74) is 1.42. The zero-order valence-corrected chi connectivity index (χ0v) is 10.2. The van der Waals surface area contributed by atoms with Gasteiger partial charge in [-0.3, -0.25) is 10.4 Å². The number of nitrogens with one attached hydrogen (secondary N) is 2. The first kappa shape index (κ1) is 12.4. The van der Waals surface area contributed by atoms with Crippen molar-refractivity contribution >= 4 is 11.9 Å². The topological polar surface area (TPSA) is 78.0 Å². The summed E-state index contributed by atoms with van der Waals surface area (Å²) in [6.45, 7) is 0. The molecule has 5 nitrogen and oxygen atoms in total. The van der Waals surface area contributed by atoms with Gasteiger partial charge in [-0.25, -0.2) is 13.6 Å². The van der Waals surface area contributed by atoms with Crippen LogP contribution in [0.4, 0.5) is 19.4 Å². The minimum atomic E-state index is -2.60. The molecule has 1 amide bonds. The molecular weight excluding hydrogens is 256 g/mol. The van der Waals surface area contributed by atoms with Gasteiger partial charge in [0.15, 0.2) is 0 Å². The van der Waals surface area contributed by atoms with E-state index in [4.69, 9.17) is 5.11 Å². The van der Waals surface area contributed by atoms with Gasteiger partial charge in [0.2, 0.25) is 5.92 Å². The summed E-state index contributed by atoms with van der Waals surface area (Å²) >= 11 is 0. The molecule has 1 aromatic heterocycles. The number of nitrogens with zero attached hydrogens (tertiary/aromatic N) is 1. The first-order valence-electron chi connectivity index (χ1n) is 6.42. The summed E-state index contributed by atoms with van der Waals surface area (Å²) in [5.74, 6) is -2.26. The van der Waals surface area contributed by atoms with Gasteiger partial charge in [0.25, 0.3) is 0 Å². The van der Waals surface area contributed by atoms with E-state index >= 15 is 0 Å². The molecule has 2 aliphatic carbocycles. The quantitative estimate of drug-likeness (QED) is 0.789. The van der Waals surface area contributed by atoms with Crippen LogP contribution < -0.4 is 5.32 Å². The number of aromatic nitrogens is 2. The molecule has 0 saturated heterocycles. The summed E-state index contributed by atoms with van der Waals surface area (Å²) in [5, 5.41) is 17.8. The highest BCUT2D eigenvalue weighted by Gasteiger charge is 2.48. The van der Waals surface area contributed by atoms with Crippen molar-refractivity contribution in [2.45, 2.75) is 49.9 Å². The van der Waals surface area contributed by atoms with E-state index in [0.717, 1.165) is 24.8 Å². The van der Waals surface area contributed by atoms with Crippen LogP contribution in [0.1, 0.15) is 55.2 Å². The van der Waals surface area contributed by atoms with Crippen molar-refractivity contribution in [2.75, 3.05) is 5.32 Å². The minimum Gasteiger partial charge on any atom is -0.465 e. The van der Waals surface area contributed by atoms with Crippen molar-refractivity contribution in [3.63, 3.8) is 0 Å². The maximum atomic E-state index is 13.0. The SMILES string of the molecule is O=C(O)Nc1[nH]nc(C2CC(F)(F)C2)c1C1CCC1. The van der Waals surface area contributed by atoms with Crippen molar-refractivity contribution in [1.29, 1.82) is 0 Å². The number of amides is 1. The molecular formula is C12H15F2N3O2. The Labute approximate surface area is 108 Å². The van der Waals surface area contributed by atoms with Crippen molar-refractivity contribution in [3.8, 4) is 0 Å². The number of H-pyrrole nitrogens is 1. The van der Waals surface area contributed by atoms with Gasteiger partial charge in [0.05, 0.1) is 5.69 Å². The van der Waals surface area contributed by atoms with Crippen molar-refractivity contribution in [2.24, 2.45) is 0 Å². The third kappa shape index (κ3) is 2.17. The molecule has 2 fully saturated rings. The molecule has 0 unspecified atom stereocenters. The highest BCUT2D eigenvalue weighted by Crippen LogP contribution is 2.52. The monoisotopic (exact) mass is 271 g/mol. The highest BCUT2D eigenvalue weighted by molar-refractivity contribution is 5.83. The zero-order valence-electron chi connectivity index (χ0n) is 10.2. The summed E-state index contributed by atoms with van der Waals surface area (Å²) in [7, 11) is 0. The summed E-state index contributed by atoms with van der Waals surface area (Å²) < 4.78 is 25.9. The summed E-state index contributed by atoms with van der Waals surface area (Å²) in [4.78, 5) is 10.7. The third-order valence-electron chi connectivity index (χ3n) is 4.06. The Bertz CT molecular complexity index is 503. The molecule has 0 aromatic carbocycles. The van der Waals surface area contributed by atoms with Crippen molar-refractivity contribution in [3.05, 3.63) is 11.3 Å². The molecule has 3 N–H and O–H groups in total. The number of carboxylic acid groups (broad SMARTS) is 1. The van der Waals surface area contributed by atoms with Crippen molar-refractivity contribution < 1.29 is 18.7 Å². The molecule has 0 bridgehead atoms. The van der Waals surface area contributed by atoms with Crippen LogP contribution in [0.3, 0.4) is 0 Å². The van der Waals surface area contributed by atoms with E-state index in [0.29, 0.717) is 11.5 Å². The Kier molecular flexibility index (Phi) is 2.72. The second-order valence-corrected chi connectivity index (χ2v) is 5.42. The van der Waals surface area contributed by atoms with E-state index in [1.807, 2.05) is 0 Å². The summed E-state index contributed by atoms with van der Waals surface area (Å²) in [6.07, 6.45) is 1.46. The van der Waals surface area contributed by atoms with Crippen LogP contribution in [-0.2, 0) is 0 Å². The fraction of sp³-hybridized carbons (Fsp3) is 0.667. The Morgan fingerprint density at radius 3 is 2.53 bits per heavy atom. The van der Waals surface area contributed by atoms with Crippen molar-refractivity contribution in [1.82, 2.24) is 10.2 Å². The smallest absolute Gasteiger partial charge is 0.410 e. The molecule has 0 aliphatic heterocycles. The number of hydrogen-bond acceptors (Lipinski definition) is 2. The number of aromatic amines is 1. The fourth-order valence-electron chi connectivity index (χ4n) is 2.84. The van der Waals surface area contributed by atoms with E-state index in [-0.39, 0.29) is 24.7 Å². The lowest BCUT2D eigenvalue weighted by Gasteiger charge is -2.36. The van der Waals surface area contributed by atoms with Gasteiger partial charge in [-0.1, -0.05) is 6.42 Å². The normalized spacial score (nSPS) is 22.6. The molecule has 104 valence electrons. The van der Waals surface area contributed by atoms with E-state index in [9.17, 15) is 13.6 Å². The molecule has 2 aliphatic rings. The molecule has 19 heavy (non-hydrogen) atoms. The number of anilines is 1. The second-order valence-electron chi connectivity index (χ2n) is 5.42.